The zero-order valence-corrected chi connectivity index (χ0v) is 17.9. The minimum absolute atomic E-state index is 0.0616. The van der Waals surface area contributed by atoms with Crippen molar-refractivity contribution in [3.63, 3.8) is 0 Å². The van der Waals surface area contributed by atoms with Crippen LogP contribution < -0.4 is 0 Å². The van der Waals surface area contributed by atoms with Crippen LogP contribution in [-0.2, 0) is 26.0 Å². The van der Waals surface area contributed by atoms with Crippen LogP contribution in [0.2, 0.25) is 5.02 Å². The van der Waals surface area contributed by atoms with E-state index >= 15 is 0 Å². The molecule has 3 rings (SSSR count). The highest BCUT2D eigenvalue weighted by molar-refractivity contribution is 7.91. The van der Waals surface area contributed by atoms with E-state index in [1.165, 1.54) is 17.0 Å². The van der Waals surface area contributed by atoms with Crippen molar-refractivity contribution in [2.45, 2.75) is 13.0 Å². The number of nitrogens with zero attached hydrogens (tertiary/aromatic N) is 3. The predicted octanol–water partition coefficient (Wildman–Crippen LogP) is 1.02. The van der Waals surface area contributed by atoms with Crippen LogP contribution in [0, 0.1) is 11.7 Å². The molecule has 1 atom stereocenters. The summed E-state index contributed by atoms with van der Waals surface area (Å²) in [5.74, 6) is -1.14. The van der Waals surface area contributed by atoms with Gasteiger partial charge in [0.25, 0.3) is 0 Å². The van der Waals surface area contributed by atoms with Gasteiger partial charge in [0.05, 0.1) is 24.0 Å². The summed E-state index contributed by atoms with van der Waals surface area (Å²) in [7, 11) is -1.49. The Kier molecular flexibility index (Phi) is 6.80. The summed E-state index contributed by atoms with van der Waals surface area (Å²) in [6.45, 7) is 2.24. The van der Waals surface area contributed by atoms with Gasteiger partial charge in [-0.25, -0.2) is 12.8 Å². The molecule has 160 valence electrons. The molecule has 29 heavy (non-hydrogen) atoms. The molecule has 0 aliphatic carbocycles. The number of carbonyl (C=O) groups is 2. The van der Waals surface area contributed by atoms with Crippen LogP contribution in [0.25, 0.3) is 0 Å². The lowest BCUT2D eigenvalue weighted by Gasteiger charge is -2.36. The van der Waals surface area contributed by atoms with Gasteiger partial charge in [-0.2, -0.15) is 0 Å². The molecule has 0 spiro atoms. The third-order valence-corrected chi connectivity index (χ3v) is 7.63. The smallest absolute Gasteiger partial charge is 0.236 e. The topological polar surface area (TPSA) is 78.0 Å². The largest absolute Gasteiger partial charge is 0.340 e. The Morgan fingerprint density at radius 1 is 1.24 bits per heavy atom. The fourth-order valence-corrected chi connectivity index (χ4v) is 5.65. The van der Waals surface area contributed by atoms with Crippen molar-refractivity contribution in [3.8, 4) is 0 Å². The van der Waals surface area contributed by atoms with Gasteiger partial charge in [-0.05, 0) is 18.6 Å². The number of amides is 2. The molecule has 1 aromatic carbocycles. The Balaban J connectivity index is 1.47. The standard InChI is InChI=1S/C19H25ClFN3O4S/c1-22(11-15-16(20)3-2-4-17(15)21)18(25)12-23-6-8-24(9-7-23)19(26)14-5-10-29(27,28)13-14/h2-4,14H,5-13H2,1H3. The van der Waals surface area contributed by atoms with Gasteiger partial charge in [0.2, 0.25) is 11.8 Å². The second-order valence-corrected chi connectivity index (χ2v) is 10.3. The van der Waals surface area contributed by atoms with E-state index in [9.17, 15) is 22.4 Å². The molecule has 7 nitrogen and oxygen atoms in total. The maximum absolute atomic E-state index is 13.9. The summed E-state index contributed by atoms with van der Waals surface area (Å²) in [6, 6.07) is 4.42. The zero-order chi connectivity index (χ0) is 21.2. The van der Waals surface area contributed by atoms with Gasteiger partial charge in [0.1, 0.15) is 5.82 Å². The minimum Gasteiger partial charge on any atom is -0.340 e. The van der Waals surface area contributed by atoms with Crippen molar-refractivity contribution < 1.29 is 22.4 Å². The maximum Gasteiger partial charge on any atom is 0.236 e. The SMILES string of the molecule is CN(Cc1c(F)cccc1Cl)C(=O)CN1CCN(C(=O)C2CCS(=O)(=O)C2)CC1. The number of halogens is 2. The number of hydrogen-bond acceptors (Lipinski definition) is 5. The Bertz CT molecular complexity index is 867. The van der Waals surface area contributed by atoms with Gasteiger partial charge in [0, 0.05) is 50.4 Å². The van der Waals surface area contributed by atoms with Crippen molar-refractivity contribution in [1.82, 2.24) is 14.7 Å². The lowest BCUT2D eigenvalue weighted by Crippen LogP contribution is -2.52. The third-order valence-electron chi connectivity index (χ3n) is 5.51. The number of hydrogen-bond donors (Lipinski definition) is 0. The Morgan fingerprint density at radius 2 is 1.93 bits per heavy atom. The van der Waals surface area contributed by atoms with Crippen LogP contribution in [0.3, 0.4) is 0 Å². The fourth-order valence-electron chi connectivity index (χ4n) is 3.70. The van der Waals surface area contributed by atoms with Crippen LogP contribution in [0.5, 0.6) is 0 Å². The first kappa shape index (κ1) is 22.0. The average molecular weight is 446 g/mol. The lowest BCUT2D eigenvalue weighted by atomic mass is 10.1. The molecular weight excluding hydrogens is 421 g/mol. The van der Waals surface area contributed by atoms with Crippen LogP contribution in [0.15, 0.2) is 18.2 Å². The first-order valence-corrected chi connectivity index (χ1v) is 11.7. The molecule has 0 N–H and O–H groups in total. The molecule has 0 bridgehead atoms. The molecule has 2 fully saturated rings. The molecule has 2 aliphatic rings. The number of sulfone groups is 1. The van der Waals surface area contributed by atoms with Crippen LogP contribution >= 0.6 is 11.6 Å². The van der Waals surface area contributed by atoms with E-state index in [1.54, 1.807) is 18.0 Å². The van der Waals surface area contributed by atoms with Crippen molar-refractivity contribution in [2.75, 3.05) is 51.3 Å². The molecule has 2 aliphatic heterocycles. The van der Waals surface area contributed by atoms with Crippen LogP contribution in [0.1, 0.15) is 12.0 Å². The second kappa shape index (κ2) is 8.97. The molecule has 1 unspecified atom stereocenters. The number of rotatable bonds is 5. The van der Waals surface area contributed by atoms with E-state index in [0.717, 1.165) is 0 Å². The van der Waals surface area contributed by atoms with Crippen molar-refractivity contribution in [1.29, 1.82) is 0 Å². The number of piperazine rings is 1. The molecule has 2 amide bonds. The molecule has 0 radical (unpaired) electrons. The van der Waals surface area contributed by atoms with Crippen molar-refractivity contribution in [3.05, 3.63) is 34.6 Å². The van der Waals surface area contributed by atoms with Gasteiger partial charge < -0.3 is 9.80 Å². The predicted molar refractivity (Wildman–Crippen MR) is 108 cm³/mol. The van der Waals surface area contributed by atoms with E-state index in [-0.39, 0.29) is 47.0 Å². The number of likely N-dealkylation sites (N-methyl/N-ethyl adjacent to an activating group) is 1. The monoisotopic (exact) mass is 445 g/mol. The number of benzene rings is 1. The average Bonchev–Trinajstić information content (AvgIpc) is 3.04. The van der Waals surface area contributed by atoms with E-state index in [2.05, 4.69) is 0 Å². The summed E-state index contributed by atoms with van der Waals surface area (Å²) < 4.78 is 37.1. The molecule has 2 saturated heterocycles. The molecular formula is C19H25ClFN3O4S. The quantitative estimate of drug-likeness (QED) is 0.676. The van der Waals surface area contributed by atoms with Gasteiger partial charge in [-0.15, -0.1) is 0 Å². The molecule has 1 aromatic rings. The summed E-state index contributed by atoms with van der Waals surface area (Å²) in [5, 5.41) is 0.283. The highest BCUT2D eigenvalue weighted by atomic mass is 35.5. The van der Waals surface area contributed by atoms with E-state index in [0.29, 0.717) is 32.6 Å². The van der Waals surface area contributed by atoms with E-state index < -0.39 is 21.6 Å². The van der Waals surface area contributed by atoms with E-state index in [1.807, 2.05) is 4.90 Å². The highest BCUT2D eigenvalue weighted by Crippen LogP contribution is 2.22. The Hall–Kier alpha value is -1.71. The normalized spacial score (nSPS) is 21.9. The Labute approximate surface area is 175 Å². The van der Waals surface area contributed by atoms with Crippen molar-refractivity contribution in [2.24, 2.45) is 5.92 Å². The Morgan fingerprint density at radius 3 is 2.52 bits per heavy atom. The first-order chi connectivity index (χ1) is 13.7. The molecule has 0 aromatic heterocycles. The lowest BCUT2D eigenvalue weighted by molar-refractivity contribution is -0.137. The van der Waals surface area contributed by atoms with Gasteiger partial charge in [-0.1, -0.05) is 17.7 Å². The fraction of sp³-hybridized carbons (Fsp3) is 0.579. The first-order valence-electron chi connectivity index (χ1n) is 9.54. The minimum atomic E-state index is -3.09. The van der Waals surface area contributed by atoms with Crippen LogP contribution in [0.4, 0.5) is 4.39 Å². The molecule has 2 heterocycles. The van der Waals surface area contributed by atoms with Gasteiger partial charge in [-0.3, -0.25) is 14.5 Å². The molecule has 10 heteroatoms. The van der Waals surface area contributed by atoms with Gasteiger partial charge >= 0.3 is 0 Å². The number of carbonyl (C=O) groups excluding carboxylic acids is 2. The summed E-state index contributed by atoms with van der Waals surface area (Å²) >= 11 is 6.02. The second-order valence-electron chi connectivity index (χ2n) is 7.65. The van der Waals surface area contributed by atoms with Crippen molar-refractivity contribution >= 4 is 33.3 Å². The third kappa shape index (κ3) is 5.46. The summed E-state index contributed by atoms with van der Waals surface area (Å²) in [4.78, 5) is 30.1. The summed E-state index contributed by atoms with van der Waals surface area (Å²) in [6.07, 6.45) is 0.392. The van der Waals surface area contributed by atoms with E-state index in [4.69, 9.17) is 11.6 Å². The maximum atomic E-state index is 13.9. The van der Waals surface area contributed by atoms with Gasteiger partial charge in [0.15, 0.2) is 9.84 Å². The zero-order valence-electron chi connectivity index (χ0n) is 16.3. The highest BCUT2D eigenvalue weighted by Gasteiger charge is 2.36. The molecule has 0 saturated carbocycles. The summed E-state index contributed by atoms with van der Waals surface area (Å²) in [5.41, 5.74) is 0.284. The van der Waals surface area contributed by atoms with Crippen LogP contribution in [-0.4, -0.2) is 86.2 Å².